The third kappa shape index (κ3) is 2.47. The first-order chi connectivity index (χ1) is 8.63. The van der Waals surface area contributed by atoms with Gasteiger partial charge in [0.1, 0.15) is 0 Å². The van der Waals surface area contributed by atoms with Crippen LogP contribution in [-0.2, 0) is 7.05 Å². The van der Waals surface area contributed by atoms with Gasteiger partial charge in [-0.05, 0) is 44.1 Å². The fraction of sp³-hybridized carbons (Fsp3) is 0.462. The zero-order valence-electron chi connectivity index (χ0n) is 10.8. The molecule has 0 saturated carbocycles. The standard InChI is InChI=1S/C13H19N3O2/c1-15-7-3-4-10(14)9-5-6-12-11(8-9)16(2)13(17)18-12/h5-6,8,10,15H,3-4,7,14H2,1-2H3. The molecule has 2 rings (SSSR count). The van der Waals surface area contributed by atoms with Gasteiger partial charge in [0.05, 0.1) is 5.52 Å². The van der Waals surface area contributed by atoms with Crippen molar-refractivity contribution in [1.82, 2.24) is 9.88 Å². The minimum absolute atomic E-state index is 0.00671. The van der Waals surface area contributed by atoms with Crippen molar-refractivity contribution in [2.24, 2.45) is 12.8 Å². The molecule has 0 aliphatic rings. The maximum Gasteiger partial charge on any atom is 0.419 e. The lowest BCUT2D eigenvalue weighted by Crippen LogP contribution is -2.14. The Labute approximate surface area is 106 Å². The van der Waals surface area contributed by atoms with E-state index in [1.165, 1.54) is 4.57 Å². The van der Waals surface area contributed by atoms with Crippen LogP contribution in [0.3, 0.4) is 0 Å². The van der Waals surface area contributed by atoms with Gasteiger partial charge in [0.2, 0.25) is 0 Å². The summed E-state index contributed by atoms with van der Waals surface area (Å²) in [5, 5.41) is 3.10. The minimum atomic E-state index is -0.342. The highest BCUT2D eigenvalue weighted by Gasteiger charge is 2.10. The summed E-state index contributed by atoms with van der Waals surface area (Å²) in [6.45, 7) is 0.958. The number of rotatable bonds is 5. The molecule has 1 atom stereocenters. The summed E-state index contributed by atoms with van der Waals surface area (Å²) in [4.78, 5) is 11.4. The van der Waals surface area contributed by atoms with Crippen molar-refractivity contribution in [3.63, 3.8) is 0 Å². The van der Waals surface area contributed by atoms with Gasteiger partial charge < -0.3 is 15.5 Å². The summed E-state index contributed by atoms with van der Waals surface area (Å²) < 4.78 is 6.59. The fourth-order valence-corrected chi connectivity index (χ4v) is 2.04. The molecule has 2 aromatic rings. The van der Waals surface area contributed by atoms with Gasteiger partial charge in [0.15, 0.2) is 5.58 Å². The number of fused-ring (bicyclic) bond motifs is 1. The average Bonchev–Trinajstić information content (AvgIpc) is 2.65. The first-order valence-corrected chi connectivity index (χ1v) is 6.13. The molecule has 5 heteroatoms. The second-order valence-corrected chi connectivity index (χ2v) is 4.51. The molecule has 0 spiro atoms. The van der Waals surface area contributed by atoms with Crippen LogP contribution in [0, 0.1) is 0 Å². The van der Waals surface area contributed by atoms with E-state index >= 15 is 0 Å². The lowest BCUT2D eigenvalue weighted by atomic mass is 10.0. The molecule has 0 bridgehead atoms. The van der Waals surface area contributed by atoms with Gasteiger partial charge in [-0.25, -0.2) is 4.79 Å². The number of hydrogen-bond acceptors (Lipinski definition) is 4. The van der Waals surface area contributed by atoms with E-state index in [4.69, 9.17) is 10.2 Å². The van der Waals surface area contributed by atoms with Crippen molar-refractivity contribution in [2.45, 2.75) is 18.9 Å². The number of nitrogens with one attached hydrogen (secondary N) is 1. The number of nitrogens with two attached hydrogens (primary N) is 1. The number of benzene rings is 1. The molecule has 1 heterocycles. The largest absolute Gasteiger partial charge is 0.419 e. The molecule has 0 aliphatic carbocycles. The normalized spacial score (nSPS) is 13.1. The highest BCUT2D eigenvalue weighted by atomic mass is 16.4. The van der Waals surface area contributed by atoms with Crippen LogP contribution in [0.4, 0.5) is 0 Å². The summed E-state index contributed by atoms with van der Waals surface area (Å²) in [6, 6.07) is 5.66. The second-order valence-electron chi connectivity index (χ2n) is 4.51. The molecular weight excluding hydrogens is 230 g/mol. The van der Waals surface area contributed by atoms with Crippen LogP contribution < -0.4 is 16.8 Å². The van der Waals surface area contributed by atoms with Crippen LogP contribution in [0.25, 0.3) is 11.1 Å². The molecule has 0 radical (unpaired) electrons. The lowest BCUT2D eigenvalue weighted by molar-refractivity contribution is 0.528. The first-order valence-electron chi connectivity index (χ1n) is 6.13. The zero-order chi connectivity index (χ0) is 13.1. The molecule has 0 aliphatic heterocycles. The number of hydrogen-bond donors (Lipinski definition) is 2. The summed E-state index contributed by atoms with van der Waals surface area (Å²) in [5.74, 6) is -0.342. The summed E-state index contributed by atoms with van der Waals surface area (Å²) in [6.07, 6.45) is 1.94. The topological polar surface area (TPSA) is 73.2 Å². The molecular formula is C13H19N3O2. The third-order valence-electron chi connectivity index (χ3n) is 3.19. The van der Waals surface area contributed by atoms with Crippen LogP contribution in [-0.4, -0.2) is 18.2 Å². The van der Waals surface area contributed by atoms with E-state index in [1.807, 2.05) is 25.2 Å². The van der Waals surface area contributed by atoms with Gasteiger partial charge in [-0.2, -0.15) is 0 Å². The highest BCUT2D eigenvalue weighted by Crippen LogP contribution is 2.20. The van der Waals surface area contributed by atoms with E-state index in [9.17, 15) is 4.79 Å². The molecule has 1 aromatic heterocycles. The van der Waals surface area contributed by atoms with E-state index in [2.05, 4.69) is 5.32 Å². The van der Waals surface area contributed by atoms with Crippen molar-refractivity contribution in [3.05, 3.63) is 34.3 Å². The Bertz CT molecular complexity index is 585. The fourth-order valence-electron chi connectivity index (χ4n) is 2.04. The quantitative estimate of drug-likeness (QED) is 0.779. The van der Waals surface area contributed by atoms with E-state index in [0.717, 1.165) is 30.5 Å². The van der Waals surface area contributed by atoms with E-state index in [1.54, 1.807) is 7.05 Å². The predicted molar refractivity (Wildman–Crippen MR) is 71.5 cm³/mol. The summed E-state index contributed by atoms with van der Waals surface area (Å²) >= 11 is 0. The average molecular weight is 249 g/mol. The third-order valence-corrected chi connectivity index (χ3v) is 3.19. The minimum Gasteiger partial charge on any atom is -0.408 e. The monoisotopic (exact) mass is 249 g/mol. The Hall–Kier alpha value is -1.59. The number of nitrogens with zero attached hydrogens (tertiary/aromatic N) is 1. The number of aryl methyl sites for hydroxylation is 1. The van der Waals surface area contributed by atoms with Gasteiger partial charge in [0, 0.05) is 13.1 Å². The van der Waals surface area contributed by atoms with E-state index < -0.39 is 0 Å². The van der Waals surface area contributed by atoms with Gasteiger partial charge in [-0.3, -0.25) is 4.57 Å². The molecule has 1 aromatic carbocycles. The van der Waals surface area contributed by atoms with E-state index in [0.29, 0.717) is 5.58 Å². The van der Waals surface area contributed by atoms with Gasteiger partial charge in [-0.15, -0.1) is 0 Å². The van der Waals surface area contributed by atoms with Crippen molar-refractivity contribution >= 4 is 11.1 Å². The van der Waals surface area contributed by atoms with Crippen molar-refractivity contribution in [1.29, 1.82) is 0 Å². The van der Waals surface area contributed by atoms with Crippen molar-refractivity contribution in [2.75, 3.05) is 13.6 Å². The molecule has 98 valence electrons. The van der Waals surface area contributed by atoms with Crippen molar-refractivity contribution < 1.29 is 4.42 Å². The smallest absolute Gasteiger partial charge is 0.408 e. The summed E-state index contributed by atoms with van der Waals surface area (Å²) in [7, 11) is 3.63. The number of oxazole rings is 1. The Balaban J connectivity index is 2.23. The molecule has 0 saturated heterocycles. The van der Waals surface area contributed by atoms with Crippen LogP contribution in [0.1, 0.15) is 24.4 Å². The molecule has 0 fully saturated rings. The Kier molecular flexibility index (Phi) is 3.84. The molecule has 1 unspecified atom stereocenters. The Morgan fingerprint density at radius 3 is 3.00 bits per heavy atom. The maximum absolute atomic E-state index is 11.4. The Morgan fingerprint density at radius 2 is 2.28 bits per heavy atom. The summed E-state index contributed by atoms with van der Waals surface area (Å²) in [5.41, 5.74) is 8.57. The predicted octanol–water partition coefficient (Wildman–Crippen LogP) is 1.13. The van der Waals surface area contributed by atoms with Crippen LogP contribution in [0.5, 0.6) is 0 Å². The maximum atomic E-state index is 11.4. The first kappa shape index (κ1) is 12.9. The molecule has 18 heavy (non-hydrogen) atoms. The van der Waals surface area contributed by atoms with Gasteiger partial charge in [-0.1, -0.05) is 6.07 Å². The Morgan fingerprint density at radius 1 is 1.50 bits per heavy atom. The zero-order valence-corrected chi connectivity index (χ0v) is 10.8. The van der Waals surface area contributed by atoms with E-state index in [-0.39, 0.29) is 11.8 Å². The molecule has 0 amide bonds. The van der Waals surface area contributed by atoms with Crippen molar-refractivity contribution in [3.8, 4) is 0 Å². The van der Waals surface area contributed by atoms with Crippen LogP contribution in [0.15, 0.2) is 27.4 Å². The second kappa shape index (κ2) is 5.37. The molecule has 5 nitrogen and oxygen atoms in total. The van der Waals surface area contributed by atoms with Crippen LogP contribution in [0.2, 0.25) is 0 Å². The SMILES string of the molecule is CNCCCC(N)c1ccc2oc(=O)n(C)c2c1. The lowest BCUT2D eigenvalue weighted by Gasteiger charge is -2.11. The number of aromatic nitrogens is 1. The molecule has 3 N–H and O–H groups in total. The van der Waals surface area contributed by atoms with Crippen LogP contribution >= 0.6 is 0 Å². The highest BCUT2D eigenvalue weighted by molar-refractivity contribution is 5.73. The van der Waals surface area contributed by atoms with Gasteiger partial charge >= 0.3 is 5.76 Å². The van der Waals surface area contributed by atoms with Gasteiger partial charge in [0.25, 0.3) is 0 Å².